The molecule has 0 aliphatic rings. The lowest BCUT2D eigenvalue weighted by atomic mass is 10.1. The van der Waals surface area contributed by atoms with Crippen molar-refractivity contribution in [1.29, 1.82) is 0 Å². The Morgan fingerprint density at radius 1 is 1.35 bits per heavy atom. The van der Waals surface area contributed by atoms with Crippen molar-refractivity contribution in [3.8, 4) is 5.69 Å². The summed E-state index contributed by atoms with van der Waals surface area (Å²) in [6.45, 7) is 9.04. The average Bonchev–Trinajstić information content (AvgIpc) is 2.78. The van der Waals surface area contributed by atoms with Gasteiger partial charge in [-0.15, -0.1) is 5.10 Å². The molecule has 0 saturated heterocycles. The van der Waals surface area contributed by atoms with Crippen molar-refractivity contribution in [2.75, 3.05) is 0 Å². The largest absolute Gasteiger partial charge is 0.306 e. The van der Waals surface area contributed by atoms with Gasteiger partial charge in [0.15, 0.2) is 0 Å². The summed E-state index contributed by atoms with van der Waals surface area (Å²) < 4.78 is 2.75. The zero-order chi connectivity index (χ0) is 14.9. The summed E-state index contributed by atoms with van der Waals surface area (Å²) >= 11 is 9.77. The van der Waals surface area contributed by atoms with Gasteiger partial charge in [0.25, 0.3) is 0 Å². The maximum absolute atomic E-state index is 6.21. The molecular formula is C14H18BrClN4. The summed E-state index contributed by atoms with van der Waals surface area (Å²) in [5.41, 5.74) is 2.94. The minimum absolute atomic E-state index is 0.0389. The highest BCUT2D eigenvalue weighted by atomic mass is 79.9. The van der Waals surface area contributed by atoms with Gasteiger partial charge in [-0.1, -0.05) is 16.8 Å². The number of aromatic nitrogens is 3. The second-order valence-electron chi connectivity index (χ2n) is 5.79. The van der Waals surface area contributed by atoms with E-state index in [2.05, 4.69) is 52.3 Å². The van der Waals surface area contributed by atoms with Crippen LogP contribution in [-0.2, 0) is 6.54 Å². The molecule has 6 heteroatoms. The van der Waals surface area contributed by atoms with Gasteiger partial charge in [0, 0.05) is 21.6 Å². The van der Waals surface area contributed by atoms with E-state index >= 15 is 0 Å². The number of benzene rings is 1. The molecule has 1 heterocycles. The molecule has 0 aliphatic carbocycles. The van der Waals surface area contributed by atoms with Crippen LogP contribution in [0.5, 0.6) is 0 Å². The van der Waals surface area contributed by atoms with E-state index in [1.807, 2.05) is 19.1 Å². The fourth-order valence-electron chi connectivity index (χ4n) is 1.73. The normalized spacial score (nSPS) is 11.9. The van der Waals surface area contributed by atoms with E-state index in [0.29, 0.717) is 11.6 Å². The Morgan fingerprint density at radius 3 is 2.70 bits per heavy atom. The molecule has 1 aromatic heterocycles. The standard InChI is InChI=1S/C14H18BrClN4/c1-9-5-11(15)13(6-12(9)16)20-10(8-18-19-20)7-17-14(2,3)4/h5-6,8,17H,7H2,1-4H3. The zero-order valence-electron chi connectivity index (χ0n) is 12.0. The van der Waals surface area contributed by atoms with Crippen LogP contribution in [0.1, 0.15) is 32.0 Å². The van der Waals surface area contributed by atoms with E-state index in [1.165, 1.54) is 0 Å². The molecule has 0 aliphatic heterocycles. The van der Waals surface area contributed by atoms with E-state index in [9.17, 15) is 0 Å². The number of nitrogens with one attached hydrogen (secondary N) is 1. The molecule has 0 fully saturated rings. The van der Waals surface area contributed by atoms with Gasteiger partial charge in [-0.05, 0) is 61.3 Å². The fourth-order valence-corrected chi connectivity index (χ4v) is 2.52. The molecule has 0 saturated carbocycles. The summed E-state index contributed by atoms with van der Waals surface area (Å²) in [7, 11) is 0. The van der Waals surface area contributed by atoms with Crippen LogP contribution in [0.4, 0.5) is 0 Å². The van der Waals surface area contributed by atoms with E-state index in [-0.39, 0.29) is 5.54 Å². The van der Waals surface area contributed by atoms with Crippen LogP contribution in [0.3, 0.4) is 0 Å². The monoisotopic (exact) mass is 356 g/mol. The summed E-state index contributed by atoms with van der Waals surface area (Å²) in [4.78, 5) is 0. The second kappa shape index (κ2) is 5.84. The maximum Gasteiger partial charge on any atom is 0.0824 e. The highest BCUT2D eigenvalue weighted by Gasteiger charge is 2.14. The topological polar surface area (TPSA) is 42.7 Å². The first-order chi connectivity index (χ1) is 9.28. The van der Waals surface area contributed by atoms with Crippen molar-refractivity contribution in [2.24, 2.45) is 0 Å². The first kappa shape index (κ1) is 15.5. The third-order valence-electron chi connectivity index (χ3n) is 2.88. The molecule has 1 aromatic carbocycles. The lowest BCUT2D eigenvalue weighted by Gasteiger charge is -2.20. The highest BCUT2D eigenvalue weighted by Crippen LogP contribution is 2.28. The third-order valence-corrected chi connectivity index (χ3v) is 3.92. The number of halogens is 2. The molecule has 108 valence electrons. The van der Waals surface area contributed by atoms with Crippen molar-refractivity contribution in [1.82, 2.24) is 20.3 Å². The van der Waals surface area contributed by atoms with Gasteiger partial charge in [-0.2, -0.15) is 0 Å². The summed E-state index contributed by atoms with van der Waals surface area (Å²) in [5, 5.41) is 12.3. The summed E-state index contributed by atoms with van der Waals surface area (Å²) in [5.74, 6) is 0. The first-order valence-electron chi connectivity index (χ1n) is 6.38. The number of aryl methyl sites for hydroxylation is 1. The number of hydrogen-bond donors (Lipinski definition) is 1. The van der Waals surface area contributed by atoms with Crippen molar-refractivity contribution in [3.63, 3.8) is 0 Å². The number of nitrogens with zero attached hydrogens (tertiary/aromatic N) is 3. The molecule has 0 spiro atoms. The van der Waals surface area contributed by atoms with Gasteiger partial charge in [0.1, 0.15) is 0 Å². The van der Waals surface area contributed by atoms with Crippen molar-refractivity contribution in [2.45, 2.75) is 39.8 Å². The minimum Gasteiger partial charge on any atom is -0.306 e. The highest BCUT2D eigenvalue weighted by molar-refractivity contribution is 9.10. The molecule has 0 radical (unpaired) electrons. The molecule has 4 nitrogen and oxygen atoms in total. The van der Waals surface area contributed by atoms with Gasteiger partial charge in [-0.25, -0.2) is 4.68 Å². The van der Waals surface area contributed by atoms with E-state index < -0.39 is 0 Å². The van der Waals surface area contributed by atoms with Crippen LogP contribution in [0, 0.1) is 6.92 Å². The first-order valence-corrected chi connectivity index (χ1v) is 7.55. The van der Waals surface area contributed by atoms with E-state index in [1.54, 1.807) is 10.9 Å². The molecule has 2 rings (SSSR count). The maximum atomic E-state index is 6.21. The predicted octanol–water partition coefficient (Wildman–Crippen LogP) is 3.88. The van der Waals surface area contributed by atoms with E-state index in [4.69, 9.17) is 11.6 Å². The SMILES string of the molecule is Cc1cc(Br)c(-n2nncc2CNC(C)(C)C)cc1Cl. The third kappa shape index (κ3) is 3.59. The lowest BCUT2D eigenvalue weighted by Crippen LogP contribution is -2.35. The van der Waals surface area contributed by atoms with Gasteiger partial charge >= 0.3 is 0 Å². The Bertz CT molecular complexity index is 616. The second-order valence-corrected chi connectivity index (χ2v) is 7.06. The molecule has 0 bridgehead atoms. The Kier molecular flexibility index (Phi) is 4.52. The smallest absolute Gasteiger partial charge is 0.0824 e. The Balaban J connectivity index is 2.35. The van der Waals surface area contributed by atoms with Gasteiger partial charge < -0.3 is 5.32 Å². The van der Waals surface area contributed by atoms with Crippen LogP contribution in [0.25, 0.3) is 5.69 Å². The number of hydrogen-bond acceptors (Lipinski definition) is 3. The molecule has 0 amide bonds. The molecule has 0 unspecified atom stereocenters. The fraction of sp³-hybridized carbons (Fsp3) is 0.429. The minimum atomic E-state index is 0.0389. The molecular weight excluding hydrogens is 340 g/mol. The van der Waals surface area contributed by atoms with Crippen LogP contribution in [0.15, 0.2) is 22.8 Å². The van der Waals surface area contributed by atoms with Crippen LogP contribution in [-0.4, -0.2) is 20.5 Å². The van der Waals surface area contributed by atoms with Gasteiger partial charge in [0.05, 0.1) is 17.6 Å². The Morgan fingerprint density at radius 2 is 2.05 bits per heavy atom. The predicted molar refractivity (Wildman–Crippen MR) is 85.4 cm³/mol. The summed E-state index contributed by atoms with van der Waals surface area (Å²) in [6.07, 6.45) is 1.76. The molecule has 0 atom stereocenters. The Labute approximate surface area is 132 Å². The van der Waals surface area contributed by atoms with Gasteiger partial charge in [-0.3, -0.25) is 0 Å². The molecule has 20 heavy (non-hydrogen) atoms. The average molecular weight is 358 g/mol. The van der Waals surface area contributed by atoms with Crippen LogP contribution < -0.4 is 5.32 Å². The van der Waals surface area contributed by atoms with E-state index in [0.717, 1.165) is 21.4 Å². The van der Waals surface area contributed by atoms with Crippen molar-refractivity contribution < 1.29 is 0 Å². The lowest BCUT2D eigenvalue weighted by molar-refractivity contribution is 0.418. The molecule has 2 aromatic rings. The zero-order valence-corrected chi connectivity index (χ0v) is 14.4. The van der Waals surface area contributed by atoms with Crippen LogP contribution >= 0.6 is 27.5 Å². The number of rotatable bonds is 3. The van der Waals surface area contributed by atoms with Gasteiger partial charge in [0.2, 0.25) is 0 Å². The van der Waals surface area contributed by atoms with Crippen molar-refractivity contribution in [3.05, 3.63) is 39.1 Å². The quantitative estimate of drug-likeness (QED) is 0.906. The molecule has 1 N–H and O–H groups in total. The summed E-state index contributed by atoms with van der Waals surface area (Å²) in [6, 6.07) is 3.89. The van der Waals surface area contributed by atoms with Crippen LogP contribution in [0.2, 0.25) is 5.02 Å². The Hall–Kier alpha value is -0.910. The van der Waals surface area contributed by atoms with Crippen molar-refractivity contribution >= 4 is 27.5 Å².